The van der Waals surface area contributed by atoms with Crippen molar-refractivity contribution in [3.63, 3.8) is 0 Å². The fraction of sp³-hybridized carbons (Fsp3) is 0.308. The van der Waals surface area contributed by atoms with Crippen molar-refractivity contribution in [2.24, 2.45) is 5.92 Å². The monoisotopic (exact) mass is 295 g/mol. The fourth-order valence-electron chi connectivity index (χ4n) is 2.21. The molecule has 0 amide bonds. The van der Waals surface area contributed by atoms with Gasteiger partial charge in [-0.3, -0.25) is 0 Å². The zero-order valence-corrected chi connectivity index (χ0v) is 11.3. The fourth-order valence-corrected chi connectivity index (χ4v) is 3.94. The number of hydrogen-bond donors (Lipinski definition) is 2. The number of nitrogens with zero attached hydrogens (tertiary/aromatic N) is 1. The van der Waals surface area contributed by atoms with Crippen molar-refractivity contribution in [3.8, 4) is 5.88 Å². The Morgan fingerprint density at radius 3 is 2.65 bits per heavy atom. The average Bonchev–Trinajstić information content (AvgIpc) is 3.11. The third-order valence-electron chi connectivity index (χ3n) is 3.48. The van der Waals surface area contributed by atoms with Crippen LogP contribution in [-0.4, -0.2) is 35.0 Å². The van der Waals surface area contributed by atoms with Crippen LogP contribution in [0.1, 0.15) is 12.8 Å². The van der Waals surface area contributed by atoms with Gasteiger partial charge in [0.25, 0.3) is 0 Å². The summed E-state index contributed by atoms with van der Waals surface area (Å²) in [6.45, 7) is 0. The van der Waals surface area contributed by atoms with Gasteiger partial charge in [-0.1, -0.05) is 0 Å². The molecular weight excluding hydrogens is 282 g/mol. The van der Waals surface area contributed by atoms with Gasteiger partial charge in [0.05, 0.1) is 10.6 Å². The van der Waals surface area contributed by atoms with E-state index in [1.165, 1.54) is 24.4 Å². The molecule has 1 heterocycles. The van der Waals surface area contributed by atoms with Crippen LogP contribution in [-0.2, 0) is 9.84 Å². The lowest BCUT2D eigenvalue weighted by atomic mass is 10.2. The highest BCUT2D eigenvalue weighted by atomic mass is 32.2. The van der Waals surface area contributed by atoms with Crippen LogP contribution >= 0.6 is 0 Å². The molecule has 2 aromatic rings. The minimum atomic E-state index is -3.35. The van der Waals surface area contributed by atoms with Crippen LogP contribution in [0.2, 0.25) is 0 Å². The Kier molecular flexibility index (Phi) is 2.75. The van der Waals surface area contributed by atoms with Crippen molar-refractivity contribution >= 4 is 26.7 Å². The Balaban J connectivity index is 2.08. The van der Waals surface area contributed by atoms with E-state index in [0.717, 1.165) is 12.8 Å². The summed E-state index contributed by atoms with van der Waals surface area (Å²) in [5, 5.41) is 19.4. The standard InChI is InChI=1S/C13H13NO5S/c15-12-11-4-3-10(20(18,19)7-8-1-2-8)5-9(11)6-14(12)13(16)17/h3-6,8,15H,1-2,7H2,(H,16,17). The summed E-state index contributed by atoms with van der Waals surface area (Å²) in [5.41, 5.74) is 0. The zero-order chi connectivity index (χ0) is 14.5. The second-order valence-corrected chi connectivity index (χ2v) is 7.11. The van der Waals surface area contributed by atoms with E-state index in [1.54, 1.807) is 0 Å². The Morgan fingerprint density at radius 1 is 1.35 bits per heavy atom. The third-order valence-corrected chi connectivity index (χ3v) is 5.36. The number of fused-ring (bicyclic) bond motifs is 1. The lowest BCUT2D eigenvalue weighted by molar-refractivity contribution is 0.193. The summed E-state index contributed by atoms with van der Waals surface area (Å²) in [4.78, 5) is 11.1. The second kappa shape index (κ2) is 4.24. The number of aromatic hydroxyl groups is 1. The summed E-state index contributed by atoms with van der Waals surface area (Å²) in [6, 6.07) is 4.25. The van der Waals surface area contributed by atoms with E-state index in [9.17, 15) is 18.3 Å². The van der Waals surface area contributed by atoms with Gasteiger partial charge in [-0.25, -0.2) is 17.8 Å². The molecular formula is C13H13NO5S. The number of benzene rings is 1. The van der Waals surface area contributed by atoms with Gasteiger partial charge in [0.1, 0.15) is 0 Å². The maximum atomic E-state index is 12.2. The van der Waals surface area contributed by atoms with E-state index in [1.807, 2.05) is 0 Å². The molecule has 1 aliphatic carbocycles. The van der Waals surface area contributed by atoms with Gasteiger partial charge in [0, 0.05) is 17.0 Å². The van der Waals surface area contributed by atoms with Gasteiger partial charge in [0.15, 0.2) is 9.84 Å². The maximum Gasteiger partial charge on any atom is 0.418 e. The van der Waals surface area contributed by atoms with Gasteiger partial charge < -0.3 is 10.2 Å². The molecule has 7 heteroatoms. The van der Waals surface area contributed by atoms with E-state index in [2.05, 4.69) is 0 Å². The van der Waals surface area contributed by atoms with Crippen molar-refractivity contribution in [1.82, 2.24) is 4.57 Å². The Labute approximate surface area is 115 Å². The van der Waals surface area contributed by atoms with E-state index >= 15 is 0 Å². The highest BCUT2D eigenvalue weighted by Crippen LogP contribution is 2.34. The predicted molar refractivity (Wildman–Crippen MR) is 71.8 cm³/mol. The average molecular weight is 295 g/mol. The van der Waals surface area contributed by atoms with Crippen molar-refractivity contribution in [1.29, 1.82) is 0 Å². The normalized spacial score (nSPS) is 15.6. The second-order valence-electron chi connectivity index (χ2n) is 5.08. The van der Waals surface area contributed by atoms with Gasteiger partial charge in [0.2, 0.25) is 5.88 Å². The Hall–Kier alpha value is -2.02. The van der Waals surface area contributed by atoms with Gasteiger partial charge in [-0.05, 0) is 37.0 Å². The van der Waals surface area contributed by atoms with Crippen LogP contribution in [0, 0.1) is 5.92 Å². The molecule has 1 fully saturated rings. The summed E-state index contributed by atoms with van der Waals surface area (Å²) in [5.74, 6) is -0.0317. The Morgan fingerprint density at radius 2 is 2.05 bits per heavy atom. The predicted octanol–water partition coefficient (Wildman–Crippen LogP) is 2.06. The van der Waals surface area contributed by atoms with Crippen molar-refractivity contribution in [3.05, 3.63) is 24.4 Å². The van der Waals surface area contributed by atoms with Gasteiger partial charge in [-0.15, -0.1) is 0 Å². The molecule has 1 aliphatic rings. The third kappa shape index (κ3) is 2.14. The maximum absolute atomic E-state index is 12.2. The van der Waals surface area contributed by atoms with E-state index in [4.69, 9.17) is 5.11 Å². The minimum absolute atomic E-state index is 0.129. The van der Waals surface area contributed by atoms with Crippen LogP contribution < -0.4 is 0 Å². The number of aromatic nitrogens is 1. The molecule has 0 atom stereocenters. The molecule has 6 nitrogen and oxygen atoms in total. The summed E-state index contributed by atoms with van der Waals surface area (Å²) in [7, 11) is -3.35. The summed E-state index contributed by atoms with van der Waals surface area (Å²) < 4.78 is 25.0. The van der Waals surface area contributed by atoms with Crippen LogP contribution in [0.25, 0.3) is 10.8 Å². The molecule has 0 aliphatic heterocycles. The van der Waals surface area contributed by atoms with E-state index < -0.39 is 21.8 Å². The number of carboxylic acid groups (broad SMARTS) is 1. The number of hydrogen-bond acceptors (Lipinski definition) is 4. The molecule has 3 rings (SSSR count). The SMILES string of the molecule is O=C(O)n1cc2cc(S(=O)(=O)CC3CC3)ccc2c1O. The highest BCUT2D eigenvalue weighted by molar-refractivity contribution is 7.91. The molecule has 1 aromatic carbocycles. The molecule has 1 aromatic heterocycles. The van der Waals surface area contributed by atoms with Crippen molar-refractivity contribution in [2.45, 2.75) is 17.7 Å². The molecule has 0 unspecified atom stereocenters. The van der Waals surface area contributed by atoms with Crippen molar-refractivity contribution in [2.75, 3.05) is 5.75 Å². The van der Waals surface area contributed by atoms with E-state index in [-0.39, 0.29) is 16.6 Å². The first-order chi connectivity index (χ1) is 9.38. The molecule has 0 spiro atoms. The Bertz CT molecular complexity index is 802. The number of sulfone groups is 1. The van der Waals surface area contributed by atoms with Crippen molar-refractivity contribution < 1.29 is 23.4 Å². The number of rotatable bonds is 3. The van der Waals surface area contributed by atoms with Gasteiger partial charge >= 0.3 is 6.09 Å². The van der Waals surface area contributed by atoms with Crippen LogP contribution in [0.5, 0.6) is 5.88 Å². The number of carbonyl (C=O) groups is 1. The summed E-state index contributed by atoms with van der Waals surface area (Å²) in [6.07, 6.45) is 1.78. The molecule has 0 radical (unpaired) electrons. The lowest BCUT2D eigenvalue weighted by Gasteiger charge is -2.03. The molecule has 106 valence electrons. The zero-order valence-electron chi connectivity index (χ0n) is 10.5. The molecule has 2 N–H and O–H groups in total. The molecule has 0 bridgehead atoms. The first kappa shape index (κ1) is 13.0. The van der Waals surface area contributed by atoms with Crippen LogP contribution in [0.4, 0.5) is 4.79 Å². The van der Waals surface area contributed by atoms with Crippen LogP contribution in [0.15, 0.2) is 29.3 Å². The topological polar surface area (TPSA) is 96.6 Å². The first-order valence-corrected chi connectivity index (χ1v) is 7.84. The smallest absolute Gasteiger partial charge is 0.418 e. The summed E-state index contributed by atoms with van der Waals surface area (Å²) >= 11 is 0. The molecule has 20 heavy (non-hydrogen) atoms. The molecule has 0 saturated heterocycles. The van der Waals surface area contributed by atoms with Gasteiger partial charge in [-0.2, -0.15) is 0 Å². The first-order valence-electron chi connectivity index (χ1n) is 6.18. The highest BCUT2D eigenvalue weighted by Gasteiger charge is 2.29. The minimum Gasteiger partial charge on any atom is -0.494 e. The quantitative estimate of drug-likeness (QED) is 0.903. The molecule has 1 saturated carbocycles. The van der Waals surface area contributed by atoms with Crippen LogP contribution in [0.3, 0.4) is 0 Å². The lowest BCUT2D eigenvalue weighted by Crippen LogP contribution is -2.08. The largest absolute Gasteiger partial charge is 0.494 e. The van der Waals surface area contributed by atoms with E-state index in [0.29, 0.717) is 15.3 Å².